The molecular formula is C14H16N2O. The first kappa shape index (κ1) is 11.7. The zero-order valence-electron chi connectivity index (χ0n) is 9.78. The largest absolute Gasteiger partial charge is 0.369 e. The van der Waals surface area contributed by atoms with Crippen molar-refractivity contribution in [3.05, 3.63) is 29.8 Å². The minimum absolute atomic E-state index is 0.303. The van der Waals surface area contributed by atoms with Crippen LogP contribution in [0.2, 0.25) is 0 Å². The van der Waals surface area contributed by atoms with Gasteiger partial charge in [-0.15, -0.1) is 0 Å². The van der Waals surface area contributed by atoms with E-state index < -0.39 is 0 Å². The molecule has 2 rings (SSSR count). The molecule has 17 heavy (non-hydrogen) atoms. The summed E-state index contributed by atoms with van der Waals surface area (Å²) in [5.41, 5.74) is 2.19. The Morgan fingerprint density at radius 2 is 2.18 bits per heavy atom. The van der Waals surface area contributed by atoms with Crippen LogP contribution < -0.4 is 10.2 Å². The molecule has 0 aliphatic carbocycles. The van der Waals surface area contributed by atoms with E-state index >= 15 is 0 Å². The summed E-state index contributed by atoms with van der Waals surface area (Å²) in [6.45, 7) is 4.12. The molecule has 0 amide bonds. The van der Waals surface area contributed by atoms with Crippen LogP contribution in [-0.2, 0) is 4.79 Å². The summed E-state index contributed by atoms with van der Waals surface area (Å²) in [7, 11) is 0. The molecule has 1 N–H and O–H groups in total. The van der Waals surface area contributed by atoms with Crippen molar-refractivity contribution in [2.75, 3.05) is 31.1 Å². The first-order valence-electron chi connectivity index (χ1n) is 5.88. The number of hydrogen-bond donors (Lipinski definition) is 1. The number of nitrogens with zero attached hydrogens (tertiary/aromatic N) is 1. The molecule has 0 bridgehead atoms. The standard InChI is InChI=1S/C14H16N2O/c17-11-2-1-4-13-5-3-6-14(12-13)16-9-7-15-8-10-16/h3,5-6,11-12,15H,2,7-10H2. The maximum Gasteiger partial charge on any atom is 0.131 e. The number of anilines is 1. The fourth-order valence-corrected chi connectivity index (χ4v) is 1.90. The highest BCUT2D eigenvalue weighted by atomic mass is 16.1. The highest BCUT2D eigenvalue weighted by molar-refractivity contribution is 5.56. The summed E-state index contributed by atoms with van der Waals surface area (Å²) >= 11 is 0. The molecule has 1 saturated heterocycles. The predicted molar refractivity (Wildman–Crippen MR) is 69.1 cm³/mol. The molecule has 0 aromatic heterocycles. The molecule has 0 radical (unpaired) electrons. The summed E-state index contributed by atoms with van der Waals surface area (Å²) in [5, 5.41) is 3.33. The van der Waals surface area contributed by atoms with Gasteiger partial charge in [0.25, 0.3) is 0 Å². The third-order valence-electron chi connectivity index (χ3n) is 2.75. The molecular weight excluding hydrogens is 212 g/mol. The van der Waals surface area contributed by atoms with Crippen molar-refractivity contribution in [2.45, 2.75) is 6.42 Å². The first-order valence-corrected chi connectivity index (χ1v) is 5.88. The van der Waals surface area contributed by atoms with Crippen LogP contribution >= 0.6 is 0 Å². The second kappa shape index (κ2) is 6.07. The van der Waals surface area contributed by atoms with Crippen LogP contribution in [0.3, 0.4) is 0 Å². The van der Waals surface area contributed by atoms with Gasteiger partial charge < -0.3 is 15.0 Å². The van der Waals surface area contributed by atoms with Crippen LogP contribution in [0, 0.1) is 11.8 Å². The van der Waals surface area contributed by atoms with Gasteiger partial charge in [-0.3, -0.25) is 0 Å². The van der Waals surface area contributed by atoms with E-state index in [1.54, 1.807) is 0 Å². The van der Waals surface area contributed by atoms with Gasteiger partial charge in [0.1, 0.15) is 6.29 Å². The first-order chi connectivity index (χ1) is 8.40. The molecule has 1 fully saturated rings. The minimum Gasteiger partial charge on any atom is -0.369 e. The van der Waals surface area contributed by atoms with E-state index in [0.29, 0.717) is 6.42 Å². The van der Waals surface area contributed by atoms with Gasteiger partial charge in [0.05, 0.1) is 6.42 Å². The second-order valence-electron chi connectivity index (χ2n) is 3.96. The average Bonchev–Trinajstić information content (AvgIpc) is 2.41. The molecule has 1 heterocycles. The van der Waals surface area contributed by atoms with E-state index in [0.717, 1.165) is 38.0 Å². The summed E-state index contributed by atoms with van der Waals surface area (Å²) in [6, 6.07) is 8.19. The highest BCUT2D eigenvalue weighted by Gasteiger charge is 2.09. The molecule has 1 aromatic carbocycles. The lowest BCUT2D eigenvalue weighted by molar-refractivity contribution is -0.107. The second-order valence-corrected chi connectivity index (χ2v) is 3.96. The lowest BCUT2D eigenvalue weighted by Gasteiger charge is -2.29. The Hall–Kier alpha value is -1.79. The Kier molecular flexibility index (Phi) is 4.17. The number of piperazine rings is 1. The molecule has 88 valence electrons. The lowest BCUT2D eigenvalue weighted by Crippen LogP contribution is -2.43. The number of rotatable bonds is 2. The van der Waals surface area contributed by atoms with Crippen molar-refractivity contribution in [2.24, 2.45) is 0 Å². The zero-order valence-corrected chi connectivity index (χ0v) is 9.78. The zero-order chi connectivity index (χ0) is 11.9. The van der Waals surface area contributed by atoms with E-state index in [2.05, 4.69) is 34.2 Å². The van der Waals surface area contributed by atoms with Crippen LogP contribution in [0.15, 0.2) is 24.3 Å². The van der Waals surface area contributed by atoms with Crippen molar-refractivity contribution in [3.63, 3.8) is 0 Å². The molecule has 0 atom stereocenters. The van der Waals surface area contributed by atoms with Gasteiger partial charge in [-0.05, 0) is 18.2 Å². The minimum atomic E-state index is 0.303. The van der Waals surface area contributed by atoms with E-state index in [1.165, 1.54) is 5.69 Å². The molecule has 3 heteroatoms. The molecule has 0 unspecified atom stereocenters. The number of hydrogen-bond acceptors (Lipinski definition) is 3. The predicted octanol–water partition coefficient (Wildman–Crippen LogP) is 1.04. The Morgan fingerprint density at radius 3 is 2.94 bits per heavy atom. The number of benzene rings is 1. The quantitative estimate of drug-likeness (QED) is 0.606. The Labute approximate surface area is 102 Å². The fraction of sp³-hybridized carbons (Fsp3) is 0.357. The van der Waals surface area contributed by atoms with Gasteiger partial charge in [-0.25, -0.2) is 0 Å². The average molecular weight is 228 g/mol. The molecule has 1 aliphatic rings. The lowest BCUT2D eigenvalue weighted by atomic mass is 10.1. The fourth-order valence-electron chi connectivity index (χ4n) is 1.90. The van der Waals surface area contributed by atoms with Gasteiger partial charge in [-0.2, -0.15) is 0 Å². The van der Waals surface area contributed by atoms with Crippen molar-refractivity contribution >= 4 is 12.0 Å². The summed E-state index contributed by atoms with van der Waals surface area (Å²) in [4.78, 5) is 12.5. The maximum absolute atomic E-state index is 10.2. The number of carbonyl (C=O) groups excluding carboxylic acids is 1. The van der Waals surface area contributed by atoms with E-state index in [9.17, 15) is 4.79 Å². The van der Waals surface area contributed by atoms with Gasteiger partial charge in [0.15, 0.2) is 0 Å². The smallest absolute Gasteiger partial charge is 0.131 e. The van der Waals surface area contributed by atoms with Crippen LogP contribution in [-0.4, -0.2) is 32.5 Å². The number of carbonyl (C=O) groups is 1. The summed E-state index contributed by atoms with van der Waals surface area (Å²) in [6.07, 6.45) is 1.13. The molecule has 1 aromatic rings. The SMILES string of the molecule is O=CCC#Cc1cccc(N2CCNCC2)c1. The molecule has 3 nitrogen and oxygen atoms in total. The van der Waals surface area contributed by atoms with Crippen LogP contribution in [0.25, 0.3) is 0 Å². The summed E-state index contributed by atoms with van der Waals surface area (Å²) < 4.78 is 0. The highest BCUT2D eigenvalue weighted by Crippen LogP contribution is 2.16. The monoisotopic (exact) mass is 228 g/mol. The van der Waals surface area contributed by atoms with E-state index in [4.69, 9.17) is 0 Å². The van der Waals surface area contributed by atoms with E-state index in [1.807, 2.05) is 12.1 Å². The third kappa shape index (κ3) is 3.33. The van der Waals surface area contributed by atoms with Gasteiger partial charge >= 0.3 is 0 Å². The maximum atomic E-state index is 10.2. The van der Waals surface area contributed by atoms with Crippen molar-refractivity contribution < 1.29 is 4.79 Å². The van der Waals surface area contributed by atoms with Crippen LogP contribution in [0.1, 0.15) is 12.0 Å². The molecule has 0 spiro atoms. The molecule has 0 saturated carbocycles. The Balaban J connectivity index is 2.10. The summed E-state index contributed by atoms with van der Waals surface area (Å²) in [5.74, 6) is 5.83. The van der Waals surface area contributed by atoms with Crippen LogP contribution in [0.5, 0.6) is 0 Å². The van der Waals surface area contributed by atoms with Gasteiger partial charge in [0, 0.05) is 37.4 Å². The third-order valence-corrected chi connectivity index (χ3v) is 2.75. The van der Waals surface area contributed by atoms with E-state index in [-0.39, 0.29) is 0 Å². The number of nitrogens with one attached hydrogen (secondary N) is 1. The normalized spacial score (nSPS) is 14.9. The molecule has 1 aliphatic heterocycles. The van der Waals surface area contributed by atoms with Gasteiger partial charge in [-0.1, -0.05) is 17.9 Å². The topological polar surface area (TPSA) is 32.3 Å². The van der Waals surface area contributed by atoms with Crippen molar-refractivity contribution in [1.29, 1.82) is 0 Å². The van der Waals surface area contributed by atoms with Gasteiger partial charge in [0.2, 0.25) is 0 Å². The Bertz CT molecular complexity index is 439. The number of aldehydes is 1. The van der Waals surface area contributed by atoms with Crippen molar-refractivity contribution in [3.8, 4) is 11.8 Å². The van der Waals surface area contributed by atoms with Crippen molar-refractivity contribution in [1.82, 2.24) is 5.32 Å². The van der Waals surface area contributed by atoms with Crippen LogP contribution in [0.4, 0.5) is 5.69 Å². The Morgan fingerprint density at radius 1 is 1.35 bits per heavy atom.